The minimum Gasteiger partial charge on any atom is -0.381 e. The van der Waals surface area contributed by atoms with E-state index >= 15 is 0 Å². The van der Waals surface area contributed by atoms with Crippen LogP contribution in [0.5, 0.6) is 0 Å². The molecule has 0 aromatic carbocycles. The highest BCUT2D eigenvalue weighted by Crippen LogP contribution is 2.23. The van der Waals surface area contributed by atoms with Gasteiger partial charge in [0, 0.05) is 38.5 Å². The smallest absolute Gasteiger partial charge is 0.170 e. The first kappa shape index (κ1) is 12.3. The minimum absolute atomic E-state index is 0.204. The number of methoxy groups -OCH3 is 1. The summed E-state index contributed by atoms with van der Waals surface area (Å²) in [5.74, 6) is 0.133. The van der Waals surface area contributed by atoms with Crippen molar-refractivity contribution in [3.05, 3.63) is 23.6 Å². The standard InChI is InChI=1S/C12H18FN3O/c1-17-10-3-6-16(7-4-10)12-11(13)9(8-14)2-5-15-12/h2,5,10H,3-4,6-8,14H2,1H3. The van der Waals surface area contributed by atoms with Crippen LogP contribution in [0.25, 0.3) is 0 Å². The van der Waals surface area contributed by atoms with E-state index in [0.717, 1.165) is 25.9 Å². The van der Waals surface area contributed by atoms with E-state index in [1.54, 1.807) is 19.4 Å². The zero-order valence-corrected chi connectivity index (χ0v) is 10.0. The van der Waals surface area contributed by atoms with E-state index in [4.69, 9.17) is 10.5 Å². The summed E-state index contributed by atoms with van der Waals surface area (Å²) in [6.07, 6.45) is 3.71. The summed E-state index contributed by atoms with van der Waals surface area (Å²) in [7, 11) is 1.72. The quantitative estimate of drug-likeness (QED) is 0.863. The lowest BCUT2D eigenvalue weighted by Crippen LogP contribution is -2.37. The third-order valence-electron chi connectivity index (χ3n) is 3.25. The number of hydrogen-bond acceptors (Lipinski definition) is 4. The molecule has 1 aliphatic heterocycles. The fourth-order valence-corrected chi connectivity index (χ4v) is 2.15. The number of anilines is 1. The average molecular weight is 239 g/mol. The zero-order valence-electron chi connectivity index (χ0n) is 10.0. The Balaban J connectivity index is 2.13. The number of rotatable bonds is 3. The first-order valence-corrected chi connectivity index (χ1v) is 5.87. The van der Waals surface area contributed by atoms with Crippen LogP contribution in [0, 0.1) is 5.82 Å². The van der Waals surface area contributed by atoms with E-state index in [1.807, 2.05) is 4.90 Å². The van der Waals surface area contributed by atoms with Gasteiger partial charge in [0.25, 0.3) is 0 Å². The number of aromatic nitrogens is 1. The Labute approximate surface area is 101 Å². The zero-order chi connectivity index (χ0) is 12.3. The second-order valence-electron chi connectivity index (χ2n) is 4.23. The molecule has 2 N–H and O–H groups in total. The molecule has 1 aliphatic rings. The Kier molecular flexibility index (Phi) is 3.91. The van der Waals surface area contributed by atoms with Gasteiger partial charge in [-0.05, 0) is 18.9 Å². The molecule has 1 aromatic heterocycles. The van der Waals surface area contributed by atoms with E-state index in [1.165, 1.54) is 0 Å². The summed E-state index contributed by atoms with van der Waals surface area (Å²) >= 11 is 0. The SMILES string of the molecule is COC1CCN(c2nccc(CN)c2F)CC1. The fourth-order valence-electron chi connectivity index (χ4n) is 2.15. The van der Waals surface area contributed by atoms with Crippen molar-refractivity contribution in [2.45, 2.75) is 25.5 Å². The summed E-state index contributed by atoms with van der Waals surface area (Å²) < 4.78 is 19.3. The van der Waals surface area contributed by atoms with Gasteiger partial charge >= 0.3 is 0 Å². The molecule has 0 saturated carbocycles. The van der Waals surface area contributed by atoms with Gasteiger partial charge in [-0.1, -0.05) is 0 Å². The molecule has 2 rings (SSSR count). The van der Waals surface area contributed by atoms with Gasteiger partial charge in [0.1, 0.15) is 0 Å². The normalized spacial score (nSPS) is 17.5. The lowest BCUT2D eigenvalue weighted by molar-refractivity contribution is 0.0816. The van der Waals surface area contributed by atoms with Crippen molar-refractivity contribution in [3.63, 3.8) is 0 Å². The topological polar surface area (TPSA) is 51.4 Å². The van der Waals surface area contributed by atoms with Crippen molar-refractivity contribution in [2.24, 2.45) is 5.73 Å². The number of hydrogen-bond donors (Lipinski definition) is 1. The van der Waals surface area contributed by atoms with Crippen LogP contribution in [0.1, 0.15) is 18.4 Å². The number of piperidine rings is 1. The third kappa shape index (κ3) is 2.56. The van der Waals surface area contributed by atoms with Crippen LogP contribution >= 0.6 is 0 Å². The monoisotopic (exact) mass is 239 g/mol. The van der Waals surface area contributed by atoms with Gasteiger partial charge in [0.15, 0.2) is 11.6 Å². The number of halogens is 1. The van der Waals surface area contributed by atoms with Crippen LogP contribution in [-0.4, -0.2) is 31.3 Å². The van der Waals surface area contributed by atoms with E-state index in [9.17, 15) is 4.39 Å². The summed E-state index contributed by atoms with van der Waals surface area (Å²) in [5, 5.41) is 0. The Morgan fingerprint density at radius 1 is 1.53 bits per heavy atom. The summed E-state index contributed by atoms with van der Waals surface area (Å²) in [6.45, 7) is 1.75. The van der Waals surface area contributed by atoms with E-state index < -0.39 is 0 Å². The predicted octanol–water partition coefficient (Wildman–Crippen LogP) is 1.29. The summed E-state index contributed by atoms with van der Waals surface area (Å²) in [4.78, 5) is 6.08. The van der Waals surface area contributed by atoms with Gasteiger partial charge in [-0.15, -0.1) is 0 Å². The highest BCUT2D eigenvalue weighted by atomic mass is 19.1. The second kappa shape index (κ2) is 5.42. The van der Waals surface area contributed by atoms with Crippen LogP contribution in [0.2, 0.25) is 0 Å². The van der Waals surface area contributed by atoms with Crippen molar-refractivity contribution < 1.29 is 9.13 Å². The molecule has 4 nitrogen and oxygen atoms in total. The van der Waals surface area contributed by atoms with Crippen molar-refractivity contribution in [1.29, 1.82) is 0 Å². The minimum atomic E-state index is -0.286. The Bertz CT molecular complexity index is 378. The maximum atomic E-state index is 14.0. The molecular formula is C12H18FN3O. The molecule has 5 heteroatoms. The van der Waals surface area contributed by atoms with Crippen LogP contribution < -0.4 is 10.6 Å². The highest BCUT2D eigenvalue weighted by Gasteiger charge is 2.22. The fraction of sp³-hybridized carbons (Fsp3) is 0.583. The molecule has 0 spiro atoms. The molecule has 1 saturated heterocycles. The number of pyridine rings is 1. The Morgan fingerprint density at radius 2 is 2.24 bits per heavy atom. The van der Waals surface area contributed by atoms with Gasteiger partial charge in [-0.25, -0.2) is 9.37 Å². The van der Waals surface area contributed by atoms with E-state index in [-0.39, 0.29) is 18.5 Å². The average Bonchev–Trinajstić information content (AvgIpc) is 2.39. The summed E-state index contributed by atoms with van der Waals surface area (Å²) in [6, 6.07) is 1.63. The maximum Gasteiger partial charge on any atom is 0.170 e. The molecule has 1 fully saturated rings. The molecule has 0 bridgehead atoms. The van der Waals surface area contributed by atoms with Crippen molar-refractivity contribution in [2.75, 3.05) is 25.1 Å². The van der Waals surface area contributed by atoms with E-state index in [0.29, 0.717) is 11.4 Å². The maximum absolute atomic E-state index is 14.0. The third-order valence-corrected chi connectivity index (χ3v) is 3.25. The van der Waals surface area contributed by atoms with Gasteiger partial charge in [-0.2, -0.15) is 0 Å². The molecule has 0 atom stereocenters. The number of nitrogens with two attached hydrogens (primary N) is 1. The van der Waals surface area contributed by atoms with Crippen molar-refractivity contribution in [1.82, 2.24) is 4.98 Å². The van der Waals surface area contributed by atoms with E-state index in [2.05, 4.69) is 4.98 Å². The Morgan fingerprint density at radius 3 is 2.82 bits per heavy atom. The molecular weight excluding hydrogens is 221 g/mol. The lowest BCUT2D eigenvalue weighted by atomic mass is 10.1. The van der Waals surface area contributed by atoms with Crippen molar-refractivity contribution in [3.8, 4) is 0 Å². The highest BCUT2D eigenvalue weighted by molar-refractivity contribution is 5.43. The van der Waals surface area contributed by atoms with Crippen LogP contribution in [0.3, 0.4) is 0 Å². The van der Waals surface area contributed by atoms with Crippen LogP contribution in [0.15, 0.2) is 12.3 Å². The van der Waals surface area contributed by atoms with Crippen LogP contribution in [0.4, 0.5) is 10.2 Å². The van der Waals surface area contributed by atoms with Crippen LogP contribution in [-0.2, 0) is 11.3 Å². The van der Waals surface area contributed by atoms with Gasteiger partial charge in [-0.3, -0.25) is 0 Å². The van der Waals surface area contributed by atoms with Gasteiger partial charge < -0.3 is 15.4 Å². The Hall–Kier alpha value is -1.20. The molecule has 0 aliphatic carbocycles. The molecule has 2 heterocycles. The second-order valence-corrected chi connectivity index (χ2v) is 4.23. The molecule has 1 aromatic rings. The lowest BCUT2D eigenvalue weighted by Gasteiger charge is -2.32. The first-order chi connectivity index (χ1) is 8.26. The summed E-state index contributed by atoms with van der Waals surface area (Å²) in [5.41, 5.74) is 6.00. The molecule has 0 amide bonds. The first-order valence-electron chi connectivity index (χ1n) is 5.87. The molecule has 94 valence electrons. The molecule has 0 radical (unpaired) electrons. The molecule has 17 heavy (non-hydrogen) atoms. The van der Waals surface area contributed by atoms with Gasteiger partial charge in [0.2, 0.25) is 0 Å². The largest absolute Gasteiger partial charge is 0.381 e. The number of ether oxygens (including phenoxy) is 1. The predicted molar refractivity (Wildman–Crippen MR) is 64.3 cm³/mol. The van der Waals surface area contributed by atoms with Crippen molar-refractivity contribution >= 4 is 5.82 Å². The van der Waals surface area contributed by atoms with Gasteiger partial charge in [0.05, 0.1) is 6.10 Å². The molecule has 0 unspecified atom stereocenters. The number of nitrogens with zero attached hydrogens (tertiary/aromatic N) is 2.